The van der Waals surface area contributed by atoms with Crippen molar-refractivity contribution in [2.24, 2.45) is 0 Å². The molecule has 1 aliphatic heterocycles. The number of carbonyl (C=O) groups is 2. The first-order valence-electron chi connectivity index (χ1n) is 10.2. The van der Waals surface area contributed by atoms with Crippen molar-refractivity contribution in [3.8, 4) is 0 Å². The molecular weight excluding hydrogens is 352 g/mol. The third kappa shape index (κ3) is 4.80. The van der Waals surface area contributed by atoms with Gasteiger partial charge in [-0.15, -0.1) is 0 Å². The van der Waals surface area contributed by atoms with Crippen LogP contribution in [-0.4, -0.2) is 50.3 Å². The summed E-state index contributed by atoms with van der Waals surface area (Å²) in [6, 6.07) is 10.1. The summed E-state index contributed by atoms with van der Waals surface area (Å²) in [5.74, 6) is 1.25. The maximum Gasteiger partial charge on any atom is 0.224 e. The molecule has 0 N–H and O–H groups in total. The van der Waals surface area contributed by atoms with E-state index in [9.17, 15) is 9.59 Å². The highest BCUT2D eigenvalue weighted by Gasteiger charge is 2.30. The van der Waals surface area contributed by atoms with Crippen molar-refractivity contribution in [2.45, 2.75) is 58.7 Å². The van der Waals surface area contributed by atoms with E-state index >= 15 is 0 Å². The molecular formula is C22H30N4O2. The van der Waals surface area contributed by atoms with Crippen LogP contribution in [0.15, 0.2) is 42.7 Å². The lowest BCUT2D eigenvalue weighted by Crippen LogP contribution is -2.43. The molecule has 1 fully saturated rings. The van der Waals surface area contributed by atoms with Gasteiger partial charge in [0.05, 0.1) is 0 Å². The van der Waals surface area contributed by atoms with Gasteiger partial charge in [0.15, 0.2) is 0 Å². The van der Waals surface area contributed by atoms with Gasteiger partial charge in [-0.25, -0.2) is 4.98 Å². The minimum atomic E-state index is 0.0543. The molecule has 2 heterocycles. The van der Waals surface area contributed by atoms with Crippen molar-refractivity contribution in [3.63, 3.8) is 0 Å². The Balaban J connectivity index is 1.64. The maximum atomic E-state index is 12.8. The minimum Gasteiger partial charge on any atom is -0.340 e. The van der Waals surface area contributed by atoms with E-state index in [1.54, 1.807) is 6.20 Å². The normalized spacial score (nSPS) is 17.6. The first-order valence-corrected chi connectivity index (χ1v) is 10.2. The second-order valence-electron chi connectivity index (χ2n) is 7.30. The number of hydrogen-bond donors (Lipinski definition) is 0. The summed E-state index contributed by atoms with van der Waals surface area (Å²) in [6.07, 6.45) is 6.22. The molecule has 2 aromatic rings. The van der Waals surface area contributed by atoms with Crippen molar-refractivity contribution in [1.29, 1.82) is 0 Å². The first-order chi connectivity index (χ1) is 13.6. The average molecular weight is 383 g/mol. The number of hydrogen-bond acceptors (Lipinski definition) is 3. The van der Waals surface area contributed by atoms with Crippen LogP contribution in [0.5, 0.6) is 0 Å². The van der Waals surface area contributed by atoms with E-state index in [0.29, 0.717) is 39.0 Å². The van der Waals surface area contributed by atoms with Crippen LogP contribution in [0.1, 0.15) is 44.5 Å². The molecule has 28 heavy (non-hydrogen) atoms. The monoisotopic (exact) mass is 382 g/mol. The topological polar surface area (TPSA) is 58.4 Å². The Hall–Kier alpha value is -2.63. The lowest BCUT2D eigenvalue weighted by atomic mass is 10.1. The summed E-state index contributed by atoms with van der Waals surface area (Å²) in [5, 5.41) is 0. The van der Waals surface area contributed by atoms with E-state index in [2.05, 4.69) is 18.8 Å². The quantitative estimate of drug-likeness (QED) is 0.740. The second kappa shape index (κ2) is 9.53. The molecule has 1 saturated heterocycles. The lowest BCUT2D eigenvalue weighted by Gasteiger charge is -2.31. The fraction of sp³-hybridized carbons (Fsp3) is 0.500. The Kier molecular flexibility index (Phi) is 6.85. The SMILES string of the molecule is CCc1nccn1CCC(=O)N1CCC(=O)N(Cc2ccccc2)C(CC)C1. The highest BCUT2D eigenvalue weighted by molar-refractivity contribution is 5.80. The molecule has 6 nitrogen and oxygen atoms in total. The molecule has 2 amide bonds. The molecule has 1 atom stereocenters. The number of rotatable bonds is 7. The van der Waals surface area contributed by atoms with Crippen molar-refractivity contribution >= 4 is 11.8 Å². The van der Waals surface area contributed by atoms with Gasteiger partial charge in [0.2, 0.25) is 11.8 Å². The van der Waals surface area contributed by atoms with Crippen LogP contribution in [0.2, 0.25) is 0 Å². The summed E-state index contributed by atoms with van der Waals surface area (Å²) in [4.78, 5) is 33.7. The minimum absolute atomic E-state index is 0.0543. The van der Waals surface area contributed by atoms with Crippen LogP contribution >= 0.6 is 0 Å². The first kappa shape index (κ1) is 20.1. The molecule has 0 spiro atoms. The standard InChI is InChI=1S/C22H30N4O2/c1-3-19-17-25(21(27)10-13-24-15-12-23-20(24)4-2)14-11-22(28)26(19)16-18-8-6-5-7-9-18/h5-9,12,15,19H,3-4,10-11,13-14,16-17H2,1-2H3. The van der Waals surface area contributed by atoms with Gasteiger partial charge in [0, 0.05) is 63.9 Å². The van der Waals surface area contributed by atoms with Gasteiger partial charge in [-0.3, -0.25) is 9.59 Å². The highest BCUT2D eigenvalue weighted by Crippen LogP contribution is 2.18. The highest BCUT2D eigenvalue weighted by atomic mass is 16.2. The van der Waals surface area contributed by atoms with Gasteiger partial charge in [-0.2, -0.15) is 0 Å². The summed E-state index contributed by atoms with van der Waals surface area (Å²) in [5.41, 5.74) is 1.13. The van der Waals surface area contributed by atoms with Crippen molar-refractivity contribution < 1.29 is 9.59 Å². The van der Waals surface area contributed by atoms with Crippen LogP contribution in [0.25, 0.3) is 0 Å². The van der Waals surface area contributed by atoms with Crippen LogP contribution in [-0.2, 0) is 29.1 Å². The van der Waals surface area contributed by atoms with Gasteiger partial charge in [-0.05, 0) is 12.0 Å². The molecule has 1 aromatic heterocycles. The molecule has 0 aliphatic carbocycles. The number of aryl methyl sites for hydroxylation is 2. The molecule has 1 unspecified atom stereocenters. The molecule has 1 aliphatic rings. The third-order valence-corrected chi connectivity index (χ3v) is 5.49. The molecule has 6 heteroatoms. The smallest absolute Gasteiger partial charge is 0.224 e. The van der Waals surface area contributed by atoms with Gasteiger partial charge < -0.3 is 14.4 Å². The summed E-state index contributed by atoms with van der Waals surface area (Å²) < 4.78 is 2.04. The Bertz CT molecular complexity index is 787. The van der Waals surface area contributed by atoms with Crippen molar-refractivity contribution in [2.75, 3.05) is 13.1 Å². The van der Waals surface area contributed by atoms with Crippen LogP contribution in [0.3, 0.4) is 0 Å². The largest absolute Gasteiger partial charge is 0.340 e. The number of benzene rings is 1. The van der Waals surface area contributed by atoms with Crippen LogP contribution in [0, 0.1) is 0 Å². The molecule has 0 bridgehead atoms. The van der Waals surface area contributed by atoms with E-state index in [1.165, 1.54) is 0 Å². The van der Waals surface area contributed by atoms with Gasteiger partial charge in [0.25, 0.3) is 0 Å². The van der Waals surface area contributed by atoms with E-state index in [1.807, 2.05) is 50.9 Å². The number of imidazole rings is 1. The third-order valence-electron chi connectivity index (χ3n) is 5.49. The van der Waals surface area contributed by atoms with Gasteiger partial charge in [0.1, 0.15) is 5.82 Å². The Morgan fingerprint density at radius 2 is 2.00 bits per heavy atom. The predicted molar refractivity (Wildman–Crippen MR) is 108 cm³/mol. The van der Waals surface area contributed by atoms with Crippen LogP contribution in [0.4, 0.5) is 0 Å². The zero-order valence-electron chi connectivity index (χ0n) is 16.9. The Labute approximate surface area is 167 Å². The zero-order chi connectivity index (χ0) is 19.9. The van der Waals surface area contributed by atoms with E-state index in [4.69, 9.17) is 0 Å². The summed E-state index contributed by atoms with van der Waals surface area (Å²) >= 11 is 0. The summed E-state index contributed by atoms with van der Waals surface area (Å²) in [6.45, 7) is 6.51. The molecule has 0 radical (unpaired) electrons. The fourth-order valence-electron chi connectivity index (χ4n) is 3.83. The van der Waals surface area contributed by atoms with Crippen molar-refractivity contribution in [3.05, 3.63) is 54.1 Å². The van der Waals surface area contributed by atoms with Gasteiger partial charge >= 0.3 is 0 Å². The second-order valence-corrected chi connectivity index (χ2v) is 7.30. The van der Waals surface area contributed by atoms with Crippen molar-refractivity contribution in [1.82, 2.24) is 19.4 Å². The number of nitrogens with zero attached hydrogens (tertiary/aromatic N) is 4. The fourth-order valence-corrected chi connectivity index (χ4v) is 3.83. The Morgan fingerprint density at radius 1 is 1.21 bits per heavy atom. The maximum absolute atomic E-state index is 12.8. The Morgan fingerprint density at radius 3 is 2.71 bits per heavy atom. The molecule has 3 rings (SSSR count). The van der Waals surface area contributed by atoms with E-state index in [0.717, 1.165) is 24.2 Å². The van der Waals surface area contributed by atoms with Gasteiger partial charge in [-0.1, -0.05) is 44.2 Å². The lowest BCUT2D eigenvalue weighted by molar-refractivity contribution is -0.133. The van der Waals surface area contributed by atoms with E-state index < -0.39 is 0 Å². The zero-order valence-corrected chi connectivity index (χ0v) is 16.9. The number of carbonyl (C=O) groups excluding carboxylic acids is 2. The summed E-state index contributed by atoms with van der Waals surface area (Å²) in [7, 11) is 0. The molecule has 0 saturated carbocycles. The van der Waals surface area contributed by atoms with E-state index in [-0.39, 0.29) is 17.9 Å². The number of amides is 2. The average Bonchev–Trinajstić information content (AvgIpc) is 3.12. The number of aromatic nitrogens is 2. The predicted octanol–water partition coefficient (Wildman–Crippen LogP) is 2.88. The molecule has 1 aromatic carbocycles. The molecule has 150 valence electrons. The van der Waals surface area contributed by atoms with Crippen LogP contribution < -0.4 is 0 Å².